The molecule has 76 valence electrons. The Balaban J connectivity index is 0.000000396. The predicted octanol–water partition coefficient (Wildman–Crippen LogP) is 1.55. The van der Waals surface area contributed by atoms with E-state index in [2.05, 4.69) is 22.5 Å². The van der Waals surface area contributed by atoms with Crippen LogP contribution in [-0.4, -0.2) is 42.6 Å². The number of nitrogens with zero attached hydrogens (tertiary/aromatic N) is 1. The van der Waals surface area contributed by atoms with E-state index in [9.17, 15) is 0 Å². The summed E-state index contributed by atoms with van der Waals surface area (Å²) in [5.41, 5.74) is 1.55. The fourth-order valence-electron chi connectivity index (χ4n) is 1.49. The van der Waals surface area contributed by atoms with Gasteiger partial charge in [0.1, 0.15) is 0 Å². The van der Waals surface area contributed by atoms with Gasteiger partial charge in [0.2, 0.25) is 0 Å². The molecule has 13 heavy (non-hydrogen) atoms. The number of hydrogen-bond donors (Lipinski definition) is 1. The van der Waals surface area contributed by atoms with Gasteiger partial charge in [-0.05, 0) is 12.3 Å². The van der Waals surface area contributed by atoms with Crippen LogP contribution in [0.2, 0.25) is 0 Å². The van der Waals surface area contributed by atoms with E-state index in [0.29, 0.717) is 6.04 Å². The van der Waals surface area contributed by atoms with Crippen molar-refractivity contribution in [3.8, 4) is 0 Å². The summed E-state index contributed by atoms with van der Waals surface area (Å²) in [5.74, 6) is 1.22. The van der Waals surface area contributed by atoms with E-state index in [0.717, 1.165) is 6.54 Å². The van der Waals surface area contributed by atoms with Crippen LogP contribution >= 0.6 is 11.8 Å². The average molecular weight is 200 g/mol. The van der Waals surface area contributed by atoms with Gasteiger partial charge in [-0.2, -0.15) is 11.8 Å². The Morgan fingerprint density at radius 3 is 2.92 bits per heavy atom. The van der Waals surface area contributed by atoms with E-state index in [4.69, 9.17) is 0 Å². The van der Waals surface area contributed by atoms with Crippen molar-refractivity contribution in [2.24, 2.45) is 0 Å². The van der Waals surface area contributed by atoms with E-state index in [1.165, 1.54) is 18.8 Å². The third kappa shape index (κ3) is 3.24. The second-order valence-corrected chi connectivity index (χ2v) is 4.08. The minimum Gasteiger partial charge on any atom is -0.366 e. The maximum Gasteiger partial charge on any atom is 0.0574 e. The molecule has 1 saturated heterocycles. The Morgan fingerprint density at radius 2 is 2.38 bits per heavy atom. The SMILES string of the molecule is CC.CSCCNC1C=C2CN2C1. The molecule has 0 aromatic rings. The topological polar surface area (TPSA) is 15.0 Å². The molecule has 2 nitrogen and oxygen atoms in total. The first-order chi connectivity index (χ1) is 6.40. The van der Waals surface area contributed by atoms with Crippen LogP contribution in [0.5, 0.6) is 0 Å². The van der Waals surface area contributed by atoms with Gasteiger partial charge in [0.05, 0.1) is 6.54 Å². The largest absolute Gasteiger partial charge is 0.366 e. The lowest BCUT2D eigenvalue weighted by Crippen LogP contribution is -2.32. The van der Waals surface area contributed by atoms with Crippen LogP contribution in [0.4, 0.5) is 0 Å². The van der Waals surface area contributed by atoms with Crippen LogP contribution in [-0.2, 0) is 0 Å². The second kappa shape index (κ2) is 5.55. The van der Waals surface area contributed by atoms with Gasteiger partial charge in [0, 0.05) is 30.6 Å². The lowest BCUT2D eigenvalue weighted by atomic mass is 10.3. The van der Waals surface area contributed by atoms with Crippen LogP contribution < -0.4 is 5.32 Å². The number of hydrogen-bond acceptors (Lipinski definition) is 3. The number of nitrogens with one attached hydrogen (secondary N) is 1. The summed E-state index contributed by atoms with van der Waals surface area (Å²) in [6.07, 6.45) is 4.51. The summed E-state index contributed by atoms with van der Waals surface area (Å²) >= 11 is 1.90. The first kappa shape index (κ1) is 10.9. The molecule has 2 aliphatic heterocycles. The van der Waals surface area contributed by atoms with Gasteiger partial charge in [0.15, 0.2) is 0 Å². The van der Waals surface area contributed by atoms with Crippen molar-refractivity contribution >= 4 is 11.8 Å². The summed E-state index contributed by atoms with van der Waals surface area (Å²) in [6, 6.07) is 0.644. The normalized spacial score (nSPS) is 23.2. The van der Waals surface area contributed by atoms with Gasteiger partial charge in [-0.15, -0.1) is 0 Å². The third-order valence-corrected chi connectivity index (χ3v) is 2.79. The van der Waals surface area contributed by atoms with Crippen molar-refractivity contribution in [3.05, 3.63) is 11.8 Å². The van der Waals surface area contributed by atoms with Crippen molar-refractivity contribution in [2.75, 3.05) is 31.6 Å². The summed E-state index contributed by atoms with van der Waals surface area (Å²) in [4.78, 5) is 2.41. The molecule has 2 aliphatic rings. The molecule has 1 N–H and O–H groups in total. The highest BCUT2D eigenvalue weighted by atomic mass is 32.2. The van der Waals surface area contributed by atoms with Crippen molar-refractivity contribution in [1.82, 2.24) is 10.2 Å². The van der Waals surface area contributed by atoms with Crippen molar-refractivity contribution in [1.29, 1.82) is 0 Å². The molecule has 0 aromatic heterocycles. The maximum atomic E-state index is 3.50. The van der Waals surface area contributed by atoms with Crippen molar-refractivity contribution in [3.63, 3.8) is 0 Å². The summed E-state index contributed by atoms with van der Waals surface area (Å²) < 4.78 is 0. The molecule has 0 amide bonds. The molecule has 1 unspecified atom stereocenters. The zero-order valence-corrected chi connectivity index (χ0v) is 9.66. The van der Waals surface area contributed by atoms with Gasteiger partial charge in [-0.1, -0.05) is 13.8 Å². The van der Waals surface area contributed by atoms with E-state index in [-0.39, 0.29) is 0 Å². The highest BCUT2D eigenvalue weighted by Crippen LogP contribution is 2.28. The fraction of sp³-hybridized carbons (Fsp3) is 0.800. The van der Waals surface area contributed by atoms with Gasteiger partial charge in [-0.3, -0.25) is 0 Å². The molecule has 0 spiro atoms. The molecule has 2 heterocycles. The molecule has 0 aromatic carbocycles. The van der Waals surface area contributed by atoms with E-state index < -0.39 is 0 Å². The molecular weight excluding hydrogens is 180 g/mol. The lowest BCUT2D eigenvalue weighted by molar-refractivity contribution is 0.513. The number of thioether (sulfide) groups is 1. The molecule has 1 fully saturated rings. The molecule has 3 heteroatoms. The lowest BCUT2D eigenvalue weighted by Gasteiger charge is -2.10. The Kier molecular flexibility index (Phi) is 4.67. The minimum absolute atomic E-state index is 0.644. The Bertz CT molecular complexity index is 180. The standard InChI is InChI=1S/C8H14N2S.C2H6/c1-11-3-2-9-7-4-8-6-10(8)5-7;1-2/h4,7,9H,2-3,5-6H2,1H3;1-2H3. The van der Waals surface area contributed by atoms with E-state index in [1.807, 2.05) is 25.6 Å². The van der Waals surface area contributed by atoms with Gasteiger partial charge >= 0.3 is 0 Å². The Morgan fingerprint density at radius 1 is 1.62 bits per heavy atom. The van der Waals surface area contributed by atoms with Crippen LogP contribution in [0.1, 0.15) is 13.8 Å². The molecule has 1 atom stereocenters. The van der Waals surface area contributed by atoms with Gasteiger partial charge < -0.3 is 10.2 Å². The summed E-state index contributed by atoms with van der Waals surface area (Å²) in [5, 5.41) is 3.50. The van der Waals surface area contributed by atoms with Crippen molar-refractivity contribution < 1.29 is 0 Å². The Labute approximate surface area is 85.8 Å². The summed E-state index contributed by atoms with van der Waals surface area (Å²) in [6.45, 7) is 7.59. The number of fused-ring (bicyclic) bond motifs is 1. The minimum atomic E-state index is 0.644. The molecule has 0 radical (unpaired) electrons. The highest BCUT2D eigenvalue weighted by Gasteiger charge is 2.33. The molecule has 0 aliphatic carbocycles. The molecule has 0 bridgehead atoms. The van der Waals surface area contributed by atoms with Crippen LogP contribution in [0.3, 0.4) is 0 Å². The predicted molar refractivity (Wildman–Crippen MR) is 61.2 cm³/mol. The zero-order valence-electron chi connectivity index (χ0n) is 8.84. The Hall–Kier alpha value is -0.150. The average Bonchev–Trinajstić information content (AvgIpc) is 2.78. The maximum absolute atomic E-state index is 3.50. The van der Waals surface area contributed by atoms with Crippen LogP contribution in [0, 0.1) is 0 Å². The quantitative estimate of drug-likeness (QED) is 0.547. The first-order valence-electron chi connectivity index (χ1n) is 5.08. The van der Waals surface area contributed by atoms with E-state index >= 15 is 0 Å². The molecule has 2 rings (SSSR count). The smallest absolute Gasteiger partial charge is 0.0574 e. The van der Waals surface area contributed by atoms with Crippen LogP contribution in [0.25, 0.3) is 0 Å². The summed E-state index contributed by atoms with van der Waals surface area (Å²) in [7, 11) is 0. The van der Waals surface area contributed by atoms with Crippen molar-refractivity contribution in [2.45, 2.75) is 19.9 Å². The monoisotopic (exact) mass is 200 g/mol. The molecular formula is C10H20N2S. The number of rotatable bonds is 4. The fourth-order valence-corrected chi connectivity index (χ4v) is 1.81. The highest BCUT2D eigenvalue weighted by molar-refractivity contribution is 7.98. The molecule has 0 saturated carbocycles. The first-order valence-corrected chi connectivity index (χ1v) is 6.47. The second-order valence-electron chi connectivity index (χ2n) is 3.09. The van der Waals surface area contributed by atoms with E-state index in [1.54, 1.807) is 5.70 Å². The van der Waals surface area contributed by atoms with Gasteiger partial charge in [0.25, 0.3) is 0 Å². The van der Waals surface area contributed by atoms with Crippen LogP contribution in [0.15, 0.2) is 11.8 Å². The third-order valence-electron chi connectivity index (χ3n) is 2.18. The zero-order chi connectivity index (χ0) is 9.68. The van der Waals surface area contributed by atoms with Gasteiger partial charge in [-0.25, -0.2) is 0 Å².